The van der Waals surface area contributed by atoms with Gasteiger partial charge in [-0.05, 0) is 18.4 Å². The molecule has 1 unspecified atom stereocenters. The fourth-order valence-electron chi connectivity index (χ4n) is 2.98. The van der Waals surface area contributed by atoms with Crippen LogP contribution in [0.15, 0.2) is 35.5 Å². The molecule has 0 radical (unpaired) electrons. The lowest BCUT2D eigenvalue weighted by Gasteiger charge is -2.32. The standard InChI is InChI=1S/C16H25N3O2/c17-15(19-21)14(13-7-3-1-4-8-13)11-18-12-16(20)9-5-2-6-10-16/h1,3-4,7-8,14,18,20-21H,2,5-6,9-12H2,(H2,17,19). The molecule has 1 atom stereocenters. The Hall–Kier alpha value is -1.59. The monoisotopic (exact) mass is 291 g/mol. The highest BCUT2D eigenvalue weighted by Gasteiger charge is 2.29. The van der Waals surface area contributed by atoms with Crippen molar-refractivity contribution in [2.24, 2.45) is 10.9 Å². The highest BCUT2D eigenvalue weighted by Crippen LogP contribution is 2.27. The van der Waals surface area contributed by atoms with Gasteiger partial charge in [-0.2, -0.15) is 0 Å². The molecule has 0 saturated heterocycles. The zero-order valence-electron chi connectivity index (χ0n) is 12.3. The molecule has 1 fully saturated rings. The molecule has 116 valence electrons. The van der Waals surface area contributed by atoms with Gasteiger partial charge in [0.2, 0.25) is 0 Å². The second kappa shape index (κ2) is 7.43. The van der Waals surface area contributed by atoms with Crippen LogP contribution in [0.3, 0.4) is 0 Å². The van der Waals surface area contributed by atoms with Crippen LogP contribution >= 0.6 is 0 Å². The number of amidine groups is 1. The fraction of sp³-hybridized carbons (Fsp3) is 0.562. The second-order valence-corrected chi connectivity index (χ2v) is 5.90. The number of aliphatic hydroxyl groups is 1. The van der Waals surface area contributed by atoms with Gasteiger partial charge in [-0.3, -0.25) is 0 Å². The summed E-state index contributed by atoms with van der Waals surface area (Å²) in [4.78, 5) is 0. The van der Waals surface area contributed by atoms with Crippen molar-refractivity contribution in [2.45, 2.75) is 43.6 Å². The van der Waals surface area contributed by atoms with E-state index < -0.39 is 5.60 Å². The fourth-order valence-corrected chi connectivity index (χ4v) is 2.98. The zero-order valence-corrected chi connectivity index (χ0v) is 12.3. The number of hydrogen-bond acceptors (Lipinski definition) is 4. The van der Waals surface area contributed by atoms with E-state index in [1.54, 1.807) is 0 Å². The molecule has 1 aromatic carbocycles. The highest BCUT2D eigenvalue weighted by atomic mass is 16.4. The quantitative estimate of drug-likeness (QED) is 0.278. The van der Waals surface area contributed by atoms with E-state index in [-0.39, 0.29) is 11.8 Å². The SMILES string of the molecule is NC(=NO)C(CNCC1(O)CCCCC1)c1ccccc1. The Kier molecular flexibility index (Phi) is 5.59. The summed E-state index contributed by atoms with van der Waals surface area (Å²) in [6, 6.07) is 9.72. The molecular formula is C16H25N3O2. The molecule has 2 rings (SSSR count). The predicted molar refractivity (Wildman–Crippen MR) is 83.5 cm³/mol. The van der Waals surface area contributed by atoms with Crippen molar-refractivity contribution in [3.8, 4) is 0 Å². The molecule has 5 nitrogen and oxygen atoms in total. The predicted octanol–water partition coefficient (Wildman–Crippen LogP) is 1.80. The summed E-state index contributed by atoms with van der Waals surface area (Å²) in [5.41, 5.74) is 6.19. The smallest absolute Gasteiger partial charge is 0.147 e. The Morgan fingerprint density at radius 3 is 2.52 bits per heavy atom. The third-order valence-corrected chi connectivity index (χ3v) is 4.26. The van der Waals surface area contributed by atoms with Crippen LogP contribution in [0, 0.1) is 0 Å². The van der Waals surface area contributed by atoms with E-state index in [4.69, 9.17) is 10.9 Å². The summed E-state index contributed by atoms with van der Waals surface area (Å²) >= 11 is 0. The van der Waals surface area contributed by atoms with Gasteiger partial charge in [0.05, 0.1) is 11.5 Å². The molecule has 0 amide bonds. The Balaban J connectivity index is 1.94. The first kappa shape index (κ1) is 15.8. The van der Waals surface area contributed by atoms with Gasteiger partial charge >= 0.3 is 0 Å². The van der Waals surface area contributed by atoms with Gasteiger partial charge in [-0.1, -0.05) is 54.8 Å². The third-order valence-electron chi connectivity index (χ3n) is 4.26. The number of nitrogens with zero attached hydrogens (tertiary/aromatic N) is 1. The van der Waals surface area contributed by atoms with Crippen LogP contribution < -0.4 is 11.1 Å². The van der Waals surface area contributed by atoms with E-state index in [0.29, 0.717) is 13.1 Å². The van der Waals surface area contributed by atoms with Crippen LogP contribution in [0.5, 0.6) is 0 Å². The first-order valence-electron chi connectivity index (χ1n) is 7.60. The van der Waals surface area contributed by atoms with Crippen LogP contribution in [-0.2, 0) is 0 Å². The van der Waals surface area contributed by atoms with Gasteiger partial charge in [0.15, 0.2) is 0 Å². The first-order chi connectivity index (χ1) is 10.1. The maximum Gasteiger partial charge on any atom is 0.147 e. The van der Waals surface area contributed by atoms with Crippen LogP contribution in [0.2, 0.25) is 0 Å². The average Bonchev–Trinajstić information content (AvgIpc) is 2.52. The molecule has 1 aliphatic rings. The highest BCUT2D eigenvalue weighted by molar-refractivity contribution is 5.87. The van der Waals surface area contributed by atoms with E-state index in [1.165, 1.54) is 6.42 Å². The summed E-state index contributed by atoms with van der Waals surface area (Å²) in [6.45, 7) is 1.09. The molecule has 5 N–H and O–H groups in total. The maximum absolute atomic E-state index is 10.5. The summed E-state index contributed by atoms with van der Waals surface area (Å²) < 4.78 is 0. The normalized spacial score (nSPS) is 20.1. The summed E-state index contributed by atoms with van der Waals surface area (Å²) in [5.74, 6) is -0.00674. The van der Waals surface area contributed by atoms with E-state index in [2.05, 4.69) is 10.5 Å². The number of nitrogens with one attached hydrogen (secondary N) is 1. The minimum atomic E-state index is -0.607. The number of rotatable bonds is 6. The van der Waals surface area contributed by atoms with E-state index in [0.717, 1.165) is 31.2 Å². The minimum Gasteiger partial charge on any atom is -0.409 e. The van der Waals surface area contributed by atoms with Gasteiger partial charge in [-0.25, -0.2) is 0 Å². The molecule has 1 saturated carbocycles. The lowest BCUT2D eigenvalue weighted by Crippen LogP contribution is -2.44. The molecular weight excluding hydrogens is 266 g/mol. The van der Waals surface area contributed by atoms with Crippen molar-refractivity contribution in [2.75, 3.05) is 13.1 Å². The molecule has 1 aliphatic carbocycles. The van der Waals surface area contributed by atoms with Crippen LogP contribution in [0.1, 0.15) is 43.6 Å². The molecule has 0 heterocycles. The summed E-state index contributed by atoms with van der Waals surface area (Å²) in [5, 5.41) is 25.9. The van der Waals surface area contributed by atoms with Gasteiger partial charge in [0.1, 0.15) is 5.84 Å². The first-order valence-corrected chi connectivity index (χ1v) is 7.60. The van der Waals surface area contributed by atoms with Crippen molar-refractivity contribution < 1.29 is 10.3 Å². The van der Waals surface area contributed by atoms with Gasteiger partial charge in [0, 0.05) is 13.1 Å². The Morgan fingerprint density at radius 2 is 1.90 bits per heavy atom. The van der Waals surface area contributed by atoms with Gasteiger partial charge in [-0.15, -0.1) is 0 Å². The van der Waals surface area contributed by atoms with Crippen molar-refractivity contribution in [1.82, 2.24) is 5.32 Å². The van der Waals surface area contributed by atoms with Crippen LogP contribution in [0.4, 0.5) is 0 Å². The molecule has 5 heteroatoms. The molecule has 0 aliphatic heterocycles. The molecule has 1 aromatic rings. The molecule has 0 bridgehead atoms. The summed E-state index contributed by atoms with van der Waals surface area (Å²) in [6.07, 6.45) is 5.07. The van der Waals surface area contributed by atoms with Gasteiger partial charge in [0.25, 0.3) is 0 Å². The lowest BCUT2D eigenvalue weighted by molar-refractivity contribution is 0.00505. The molecule has 0 spiro atoms. The summed E-state index contributed by atoms with van der Waals surface area (Å²) in [7, 11) is 0. The van der Waals surface area contributed by atoms with E-state index in [1.807, 2.05) is 30.3 Å². The zero-order chi connectivity index (χ0) is 15.1. The Labute approximate surface area is 125 Å². The Bertz CT molecular complexity index is 456. The molecule has 0 aromatic heterocycles. The van der Waals surface area contributed by atoms with E-state index >= 15 is 0 Å². The number of oxime groups is 1. The van der Waals surface area contributed by atoms with Gasteiger partial charge < -0.3 is 21.4 Å². The largest absolute Gasteiger partial charge is 0.409 e. The van der Waals surface area contributed by atoms with Crippen molar-refractivity contribution in [3.63, 3.8) is 0 Å². The van der Waals surface area contributed by atoms with E-state index in [9.17, 15) is 5.11 Å². The number of nitrogens with two attached hydrogens (primary N) is 1. The minimum absolute atomic E-state index is 0.185. The molecule has 21 heavy (non-hydrogen) atoms. The van der Waals surface area contributed by atoms with Crippen molar-refractivity contribution in [3.05, 3.63) is 35.9 Å². The maximum atomic E-state index is 10.5. The third kappa shape index (κ3) is 4.44. The van der Waals surface area contributed by atoms with Crippen molar-refractivity contribution in [1.29, 1.82) is 0 Å². The average molecular weight is 291 g/mol. The lowest BCUT2D eigenvalue weighted by atomic mass is 9.84. The second-order valence-electron chi connectivity index (χ2n) is 5.90. The van der Waals surface area contributed by atoms with Crippen LogP contribution in [0.25, 0.3) is 0 Å². The Morgan fingerprint density at radius 1 is 1.24 bits per heavy atom. The van der Waals surface area contributed by atoms with Crippen molar-refractivity contribution >= 4 is 5.84 Å². The topological polar surface area (TPSA) is 90.9 Å². The number of hydrogen-bond donors (Lipinski definition) is 4. The number of benzene rings is 1. The van der Waals surface area contributed by atoms with Crippen LogP contribution in [-0.4, -0.2) is 34.8 Å².